The van der Waals surface area contributed by atoms with Gasteiger partial charge in [-0.25, -0.2) is 0 Å². The Kier molecular flexibility index (Phi) is 6.31. The minimum absolute atomic E-state index is 0.0930. The van der Waals surface area contributed by atoms with Crippen LogP contribution < -0.4 is 5.32 Å². The van der Waals surface area contributed by atoms with Gasteiger partial charge in [-0.3, -0.25) is 14.4 Å². The van der Waals surface area contributed by atoms with Crippen molar-refractivity contribution in [2.75, 3.05) is 18.5 Å². The Morgan fingerprint density at radius 3 is 2.68 bits per heavy atom. The molecule has 1 unspecified atom stereocenters. The molecule has 1 heterocycles. The zero-order valence-electron chi connectivity index (χ0n) is 15.5. The van der Waals surface area contributed by atoms with Crippen molar-refractivity contribution in [2.45, 2.75) is 19.9 Å². The number of benzene rings is 2. The van der Waals surface area contributed by atoms with Gasteiger partial charge in [-0.15, -0.1) is 0 Å². The Morgan fingerprint density at radius 2 is 1.96 bits per heavy atom. The highest BCUT2D eigenvalue weighted by Gasteiger charge is 2.35. The van der Waals surface area contributed by atoms with Crippen molar-refractivity contribution in [1.29, 1.82) is 0 Å². The molecule has 2 aromatic carbocycles. The van der Waals surface area contributed by atoms with Crippen LogP contribution in [0.15, 0.2) is 48.5 Å². The van der Waals surface area contributed by atoms with Gasteiger partial charge < -0.3 is 15.0 Å². The van der Waals surface area contributed by atoms with E-state index in [1.54, 1.807) is 23.1 Å². The Bertz CT molecular complexity index is 885. The number of carbonyl (C=O) groups is 3. The molecule has 1 aliphatic rings. The summed E-state index contributed by atoms with van der Waals surface area (Å²) in [6.45, 7) is 2.20. The van der Waals surface area contributed by atoms with E-state index in [1.807, 2.05) is 37.3 Å². The molecule has 0 aliphatic carbocycles. The van der Waals surface area contributed by atoms with Crippen LogP contribution in [-0.4, -0.2) is 35.8 Å². The molecule has 28 heavy (non-hydrogen) atoms. The molecule has 1 N–H and O–H groups in total. The molecule has 3 rings (SSSR count). The van der Waals surface area contributed by atoms with Gasteiger partial charge in [0.1, 0.15) is 0 Å². The topological polar surface area (TPSA) is 75.7 Å². The van der Waals surface area contributed by atoms with Gasteiger partial charge >= 0.3 is 5.97 Å². The third-order valence-electron chi connectivity index (χ3n) is 4.57. The van der Waals surface area contributed by atoms with E-state index in [4.69, 9.17) is 16.3 Å². The van der Waals surface area contributed by atoms with E-state index in [9.17, 15) is 14.4 Å². The normalized spacial score (nSPS) is 16.1. The van der Waals surface area contributed by atoms with Crippen LogP contribution in [0.5, 0.6) is 0 Å². The lowest BCUT2D eigenvalue weighted by molar-refractivity contribution is -0.151. The fraction of sp³-hybridized carbons (Fsp3) is 0.286. The highest BCUT2D eigenvalue weighted by Crippen LogP contribution is 2.22. The fourth-order valence-corrected chi connectivity index (χ4v) is 3.19. The number of rotatable bonds is 6. The third kappa shape index (κ3) is 5.10. The van der Waals surface area contributed by atoms with E-state index in [2.05, 4.69) is 5.32 Å². The summed E-state index contributed by atoms with van der Waals surface area (Å²) in [4.78, 5) is 38.0. The van der Waals surface area contributed by atoms with Crippen molar-refractivity contribution in [2.24, 2.45) is 5.92 Å². The third-order valence-corrected chi connectivity index (χ3v) is 4.97. The number of hydrogen-bond acceptors (Lipinski definition) is 4. The molecule has 1 aliphatic heterocycles. The van der Waals surface area contributed by atoms with Crippen LogP contribution in [0, 0.1) is 12.8 Å². The number of hydrogen-bond donors (Lipinski definition) is 1. The van der Waals surface area contributed by atoms with Gasteiger partial charge in [0.15, 0.2) is 6.61 Å². The second-order valence-corrected chi connectivity index (χ2v) is 7.19. The second-order valence-electron chi connectivity index (χ2n) is 6.78. The molecule has 2 amide bonds. The van der Waals surface area contributed by atoms with E-state index in [1.165, 1.54) is 0 Å². The molecule has 146 valence electrons. The molecule has 1 atom stereocenters. The first-order chi connectivity index (χ1) is 13.4. The standard InChI is InChI=1S/C21H21ClN2O4/c1-14-7-8-17(10-18(14)22)23-19(25)13-28-21(27)16-9-20(26)24(12-16)11-15-5-3-2-4-6-15/h2-8,10,16H,9,11-13H2,1H3,(H,23,25). The highest BCUT2D eigenvalue weighted by molar-refractivity contribution is 6.31. The number of nitrogens with zero attached hydrogens (tertiary/aromatic N) is 1. The van der Waals surface area contributed by atoms with Gasteiger partial charge in [-0.1, -0.05) is 48.0 Å². The number of esters is 1. The Balaban J connectivity index is 1.47. The molecular formula is C21H21ClN2O4. The number of amides is 2. The maximum atomic E-state index is 12.2. The van der Waals surface area contributed by atoms with E-state index in [0.717, 1.165) is 11.1 Å². The first kappa shape index (κ1) is 19.9. The average molecular weight is 401 g/mol. The van der Waals surface area contributed by atoms with Gasteiger partial charge in [0.05, 0.1) is 5.92 Å². The zero-order chi connectivity index (χ0) is 20.1. The Morgan fingerprint density at radius 1 is 1.21 bits per heavy atom. The first-order valence-electron chi connectivity index (χ1n) is 8.96. The van der Waals surface area contributed by atoms with Crippen molar-refractivity contribution < 1.29 is 19.1 Å². The zero-order valence-corrected chi connectivity index (χ0v) is 16.2. The van der Waals surface area contributed by atoms with Crippen molar-refractivity contribution in [1.82, 2.24) is 4.90 Å². The van der Waals surface area contributed by atoms with Crippen LogP contribution in [0.25, 0.3) is 0 Å². The number of carbonyl (C=O) groups excluding carboxylic acids is 3. The molecule has 1 fully saturated rings. The number of ether oxygens (including phenoxy) is 1. The predicted octanol–water partition coefficient (Wildman–Crippen LogP) is 3.18. The molecule has 0 aromatic heterocycles. The Hall–Kier alpha value is -2.86. The molecular weight excluding hydrogens is 380 g/mol. The number of likely N-dealkylation sites (tertiary alicyclic amines) is 1. The Labute approximate surface area is 168 Å². The van der Waals surface area contributed by atoms with Crippen LogP contribution in [-0.2, 0) is 25.7 Å². The van der Waals surface area contributed by atoms with Gasteiger partial charge in [-0.05, 0) is 30.2 Å². The van der Waals surface area contributed by atoms with Crippen molar-refractivity contribution >= 4 is 35.1 Å². The first-order valence-corrected chi connectivity index (χ1v) is 9.34. The van der Waals surface area contributed by atoms with Crippen LogP contribution in [0.4, 0.5) is 5.69 Å². The SMILES string of the molecule is Cc1ccc(NC(=O)COC(=O)C2CC(=O)N(Cc3ccccc3)C2)cc1Cl. The van der Waals surface area contributed by atoms with Crippen LogP contribution in [0.2, 0.25) is 5.02 Å². The second kappa shape index (κ2) is 8.89. The molecule has 0 saturated carbocycles. The van der Waals surface area contributed by atoms with Gasteiger partial charge in [0, 0.05) is 30.2 Å². The summed E-state index contributed by atoms with van der Waals surface area (Å²) in [5, 5.41) is 3.17. The summed E-state index contributed by atoms with van der Waals surface area (Å²) < 4.78 is 5.10. The van der Waals surface area contributed by atoms with Crippen molar-refractivity contribution in [3.63, 3.8) is 0 Å². The van der Waals surface area contributed by atoms with Crippen LogP contribution >= 0.6 is 11.6 Å². The molecule has 2 aromatic rings. The molecule has 6 nitrogen and oxygen atoms in total. The maximum Gasteiger partial charge on any atom is 0.311 e. The minimum atomic E-state index is -0.558. The molecule has 0 radical (unpaired) electrons. The lowest BCUT2D eigenvalue weighted by atomic mass is 10.1. The van der Waals surface area contributed by atoms with Gasteiger partial charge in [0.2, 0.25) is 5.91 Å². The highest BCUT2D eigenvalue weighted by atomic mass is 35.5. The van der Waals surface area contributed by atoms with Crippen molar-refractivity contribution in [3.05, 3.63) is 64.7 Å². The molecule has 0 spiro atoms. The van der Waals surface area contributed by atoms with E-state index >= 15 is 0 Å². The summed E-state index contributed by atoms with van der Waals surface area (Å²) in [6, 6.07) is 14.7. The monoisotopic (exact) mass is 400 g/mol. The summed E-state index contributed by atoms with van der Waals surface area (Å²) in [5.41, 5.74) is 2.43. The molecule has 1 saturated heterocycles. The number of aryl methyl sites for hydroxylation is 1. The minimum Gasteiger partial charge on any atom is -0.455 e. The summed E-state index contributed by atoms with van der Waals surface area (Å²) in [5.74, 6) is -1.65. The summed E-state index contributed by atoms with van der Waals surface area (Å²) >= 11 is 6.02. The van der Waals surface area contributed by atoms with Crippen LogP contribution in [0.1, 0.15) is 17.5 Å². The van der Waals surface area contributed by atoms with Crippen molar-refractivity contribution in [3.8, 4) is 0 Å². The summed E-state index contributed by atoms with van der Waals surface area (Å²) in [7, 11) is 0. The lowest BCUT2D eigenvalue weighted by Gasteiger charge is -2.16. The number of nitrogens with one attached hydrogen (secondary N) is 1. The quantitative estimate of drug-likeness (QED) is 0.755. The fourth-order valence-electron chi connectivity index (χ4n) is 3.01. The van der Waals surface area contributed by atoms with E-state index in [0.29, 0.717) is 23.8 Å². The lowest BCUT2D eigenvalue weighted by Crippen LogP contribution is -2.28. The van der Waals surface area contributed by atoms with Gasteiger partial charge in [-0.2, -0.15) is 0 Å². The summed E-state index contributed by atoms with van der Waals surface area (Å²) in [6.07, 6.45) is 0.0981. The average Bonchev–Trinajstić information content (AvgIpc) is 3.04. The maximum absolute atomic E-state index is 12.2. The largest absolute Gasteiger partial charge is 0.455 e. The number of halogens is 1. The smallest absolute Gasteiger partial charge is 0.311 e. The van der Waals surface area contributed by atoms with E-state index < -0.39 is 24.4 Å². The van der Waals surface area contributed by atoms with Gasteiger partial charge in [0.25, 0.3) is 5.91 Å². The predicted molar refractivity (Wildman–Crippen MR) is 106 cm³/mol. The van der Waals surface area contributed by atoms with Crippen LogP contribution in [0.3, 0.4) is 0 Å². The van der Waals surface area contributed by atoms with E-state index in [-0.39, 0.29) is 12.3 Å². The number of anilines is 1. The molecule has 0 bridgehead atoms. The molecule has 7 heteroatoms.